The molecule has 0 aromatic rings. The number of carbonyl (C=O) groups is 2. The second-order valence-electron chi connectivity index (χ2n) is 4.08. The van der Waals surface area contributed by atoms with Gasteiger partial charge in [-0.2, -0.15) is 0 Å². The molecule has 0 atom stereocenters. The average Bonchev–Trinajstić information content (AvgIpc) is 2.68. The molecule has 1 fully saturated rings. The van der Waals surface area contributed by atoms with E-state index < -0.39 is 10.0 Å². The molecule has 0 aromatic heterocycles. The van der Waals surface area contributed by atoms with Crippen LogP contribution < -0.4 is 10.6 Å². The predicted molar refractivity (Wildman–Crippen MR) is 74.4 cm³/mol. The maximum Gasteiger partial charge on any atom is 0.230 e. The van der Waals surface area contributed by atoms with Gasteiger partial charge in [0.2, 0.25) is 21.8 Å². The molecule has 0 unspecified atom stereocenters. The van der Waals surface area contributed by atoms with E-state index in [4.69, 9.17) is 0 Å². The highest BCUT2D eigenvalue weighted by molar-refractivity contribution is 8.00. The van der Waals surface area contributed by atoms with E-state index in [1.54, 1.807) is 7.05 Å². The fraction of sp³-hybridized carbons (Fsp3) is 0.800. The largest absolute Gasteiger partial charge is 0.358 e. The standard InChI is InChI=1S/C10H19N3O4S2/c1-11-9(14)7-18-8-10(15)12-3-5-13-4-2-6-19(13,16)17/h2-8H2,1H3,(H,11,14)(H,12,15). The van der Waals surface area contributed by atoms with Gasteiger partial charge in [0.25, 0.3) is 0 Å². The number of thioether (sulfide) groups is 1. The number of hydrogen-bond donors (Lipinski definition) is 2. The van der Waals surface area contributed by atoms with E-state index in [2.05, 4.69) is 10.6 Å². The zero-order valence-electron chi connectivity index (χ0n) is 10.8. The summed E-state index contributed by atoms with van der Waals surface area (Å²) in [7, 11) is -1.55. The van der Waals surface area contributed by atoms with E-state index in [-0.39, 0.29) is 29.1 Å². The van der Waals surface area contributed by atoms with Crippen molar-refractivity contribution in [2.75, 3.05) is 43.9 Å². The molecule has 0 aliphatic carbocycles. The second-order valence-corrected chi connectivity index (χ2v) is 7.16. The molecule has 110 valence electrons. The van der Waals surface area contributed by atoms with Gasteiger partial charge in [0.1, 0.15) is 0 Å². The van der Waals surface area contributed by atoms with Gasteiger partial charge in [0, 0.05) is 26.7 Å². The number of sulfonamides is 1. The summed E-state index contributed by atoms with van der Waals surface area (Å²) < 4.78 is 24.4. The van der Waals surface area contributed by atoms with Crippen LogP contribution in [0.3, 0.4) is 0 Å². The number of amides is 2. The minimum Gasteiger partial charge on any atom is -0.358 e. The van der Waals surface area contributed by atoms with Gasteiger partial charge in [-0.25, -0.2) is 12.7 Å². The van der Waals surface area contributed by atoms with Crippen LogP contribution in [-0.2, 0) is 19.6 Å². The molecule has 1 aliphatic heterocycles. The number of nitrogens with one attached hydrogen (secondary N) is 2. The molecule has 19 heavy (non-hydrogen) atoms. The first kappa shape index (κ1) is 16.3. The van der Waals surface area contributed by atoms with Crippen LogP contribution in [0.25, 0.3) is 0 Å². The Morgan fingerprint density at radius 2 is 1.95 bits per heavy atom. The van der Waals surface area contributed by atoms with Crippen molar-refractivity contribution < 1.29 is 18.0 Å². The third kappa shape index (κ3) is 5.79. The Hall–Kier alpha value is -0.800. The number of carbonyl (C=O) groups excluding carboxylic acids is 2. The summed E-state index contributed by atoms with van der Waals surface area (Å²) in [6.07, 6.45) is 0.651. The van der Waals surface area contributed by atoms with Gasteiger partial charge in [-0.3, -0.25) is 9.59 Å². The topological polar surface area (TPSA) is 95.6 Å². The first-order chi connectivity index (χ1) is 8.95. The van der Waals surface area contributed by atoms with Crippen molar-refractivity contribution in [3.63, 3.8) is 0 Å². The molecular weight excluding hydrogens is 290 g/mol. The molecule has 2 amide bonds. The Kier molecular flexibility index (Phi) is 6.59. The summed E-state index contributed by atoms with van der Waals surface area (Å²) in [5, 5.41) is 5.10. The fourth-order valence-corrected chi connectivity index (χ4v) is 3.87. The zero-order valence-corrected chi connectivity index (χ0v) is 12.5. The van der Waals surface area contributed by atoms with Crippen LogP contribution in [0, 0.1) is 0 Å². The zero-order chi connectivity index (χ0) is 14.3. The van der Waals surface area contributed by atoms with E-state index in [0.29, 0.717) is 26.1 Å². The molecule has 0 spiro atoms. The third-order valence-corrected chi connectivity index (χ3v) is 5.52. The van der Waals surface area contributed by atoms with Gasteiger partial charge in [-0.15, -0.1) is 11.8 Å². The Morgan fingerprint density at radius 1 is 1.26 bits per heavy atom. The summed E-state index contributed by atoms with van der Waals surface area (Å²) in [5.41, 5.74) is 0. The monoisotopic (exact) mass is 309 g/mol. The fourth-order valence-electron chi connectivity index (χ4n) is 1.62. The van der Waals surface area contributed by atoms with Crippen LogP contribution in [0.15, 0.2) is 0 Å². The lowest BCUT2D eigenvalue weighted by Crippen LogP contribution is -2.36. The highest BCUT2D eigenvalue weighted by Gasteiger charge is 2.27. The first-order valence-electron chi connectivity index (χ1n) is 5.98. The van der Waals surface area contributed by atoms with E-state index in [9.17, 15) is 18.0 Å². The second kappa shape index (κ2) is 7.71. The molecule has 1 saturated heterocycles. The van der Waals surface area contributed by atoms with Crippen molar-refractivity contribution in [1.82, 2.24) is 14.9 Å². The summed E-state index contributed by atoms with van der Waals surface area (Å²) in [6.45, 7) is 1.15. The lowest BCUT2D eigenvalue weighted by atomic mass is 10.4. The van der Waals surface area contributed by atoms with Gasteiger partial charge < -0.3 is 10.6 Å². The van der Waals surface area contributed by atoms with Crippen LogP contribution in [0.4, 0.5) is 0 Å². The smallest absolute Gasteiger partial charge is 0.230 e. The molecule has 0 aromatic carbocycles. The van der Waals surface area contributed by atoms with Crippen LogP contribution in [-0.4, -0.2) is 68.5 Å². The molecular formula is C10H19N3O4S2. The van der Waals surface area contributed by atoms with Crippen LogP contribution in [0.2, 0.25) is 0 Å². The highest BCUT2D eigenvalue weighted by Crippen LogP contribution is 2.11. The van der Waals surface area contributed by atoms with E-state index >= 15 is 0 Å². The number of hydrogen-bond acceptors (Lipinski definition) is 5. The molecule has 1 rings (SSSR count). The van der Waals surface area contributed by atoms with Gasteiger partial charge in [-0.1, -0.05) is 0 Å². The quantitative estimate of drug-likeness (QED) is 0.604. The van der Waals surface area contributed by atoms with Crippen molar-refractivity contribution in [3.8, 4) is 0 Å². The van der Waals surface area contributed by atoms with Crippen molar-refractivity contribution in [1.29, 1.82) is 0 Å². The SMILES string of the molecule is CNC(=O)CSCC(=O)NCCN1CCCS1(=O)=O. The Labute approximate surface area is 117 Å². The minimum absolute atomic E-state index is 0.124. The third-order valence-electron chi connectivity index (χ3n) is 2.63. The Balaban J connectivity index is 2.12. The normalized spacial score (nSPS) is 18.2. The van der Waals surface area contributed by atoms with Crippen molar-refractivity contribution in [2.24, 2.45) is 0 Å². The Bertz CT molecular complexity index is 424. The summed E-state index contributed by atoms with van der Waals surface area (Å²) >= 11 is 1.22. The van der Waals surface area contributed by atoms with Crippen molar-refractivity contribution >= 4 is 33.6 Å². The van der Waals surface area contributed by atoms with E-state index in [1.165, 1.54) is 16.1 Å². The van der Waals surface area contributed by atoms with Crippen LogP contribution in [0.5, 0.6) is 0 Å². The van der Waals surface area contributed by atoms with Crippen molar-refractivity contribution in [2.45, 2.75) is 6.42 Å². The van der Waals surface area contributed by atoms with Crippen molar-refractivity contribution in [3.05, 3.63) is 0 Å². The summed E-state index contributed by atoms with van der Waals surface area (Å²) in [5.74, 6) is 0.319. The van der Waals surface area contributed by atoms with Gasteiger partial charge in [0.05, 0.1) is 17.3 Å². The molecule has 0 radical (unpaired) electrons. The maximum absolute atomic E-state index is 11.5. The minimum atomic E-state index is -3.09. The maximum atomic E-state index is 11.5. The summed E-state index contributed by atoms with van der Waals surface area (Å²) in [6, 6.07) is 0. The van der Waals surface area contributed by atoms with Gasteiger partial charge in [-0.05, 0) is 6.42 Å². The Morgan fingerprint density at radius 3 is 2.53 bits per heavy atom. The van der Waals surface area contributed by atoms with Gasteiger partial charge in [0.15, 0.2) is 0 Å². The molecule has 2 N–H and O–H groups in total. The number of nitrogens with zero attached hydrogens (tertiary/aromatic N) is 1. The summed E-state index contributed by atoms with van der Waals surface area (Å²) in [4.78, 5) is 22.3. The lowest BCUT2D eigenvalue weighted by molar-refractivity contribution is -0.118. The van der Waals surface area contributed by atoms with Crippen LogP contribution >= 0.6 is 11.8 Å². The molecule has 7 nitrogen and oxygen atoms in total. The van der Waals surface area contributed by atoms with Gasteiger partial charge >= 0.3 is 0 Å². The van der Waals surface area contributed by atoms with Crippen LogP contribution in [0.1, 0.15) is 6.42 Å². The number of rotatable bonds is 7. The predicted octanol–water partition coefficient (Wildman–Crippen LogP) is -1.38. The first-order valence-corrected chi connectivity index (χ1v) is 8.75. The van der Waals surface area contributed by atoms with E-state index in [1.807, 2.05) is 0 Å². The molecule has 1 heterocycles. The lowest BCUT2D eigenvalue weighted by Gasteiger charge is -2.14. The highest BCUT2D eigenvalue weighted by atomic mass is 32.2. The molecule has 0 saturated carbocycles. The molecule has 1 aliphatic rings. The van der Waals surface area contributed by atoms with E-state index in [0.717, 1.165) is 0 Å². The average molecular weight is 309 g/mol. The molecule has 0 bridgehead atoms. The molecule has 9 heteroatoms.